The summed E-state index contributed by atoms with van der Waals surface area (Å²) in [5.74, 6) is -0.432. The van der Waals surface area contributed by atoms with Gasteiger partial charge in [-0.05, 0) is 25.1 Å². The number of likely N-dealkylation sites (N-methyl/N-ethyl adjacent to an activating group) is 1. The maximum absolute atomic E-state index is 12.0. The number of fused-ring (bicyclic) bond motifs is 1. The smallest absolute Gasteiger partial charge is 0.252 e. The van der Waals surface area contributed by atoms with E-state index < -0.39 is 0 Å². The molecule has 0 aliphatic heterocycles. The Morgan fingerprint density at radius 2 is 2.06 bits per heavy atom. The Balaban J connectivity index is 2.09. The maximum Gasteiger partial charge on any atom is 0.252 e. The number of hydrogen-bond donors (Lipinski definition) is 3. The Hall–Kier alpha value is -2.30. The van der Waals surface area contributed by atoms with E-state index in [-0.39, 0.29) is 18.4 Å². The Morgan fingerprint density at radius 3 is 2.83 bits per heavy atom. The molecule has 0 saturated heterocycles. The van der Waals surface area contributed by atoms with Gasteiger partial charge in [-0.15, -0.1) is 0 Å². The number of rotatable bonds is 4. The molecule has 5 nitrogen and oxygen atoms in total. The second kappa shape index (κ2) is 5.35. The molecule has 18 heavy (non-hydrogen) atoms. The van der Waals surface area contributed by atoms with Gasteiger partial charge in [-0.2, -0.15) is 0 Å². The molecule has 1 heterocycles. The summed E-state index contributed by atoms with van der Waals surface area (Å²) >= 11 is 0. The number of benzene rings is 1. The van der Waals surface area contributed by atoms with E-state index >= 15 is 0 Å². The molecule has 1 aromatic carbocycles. The molecule has 2 amide bonds. The number of carbonyl (C=O) groups is 2. The van der Waals surface area contributed by atoms with Gasteiger partial charge in [0.25, 0.3) is 5.91 Å². The second-order valence-electron chi connectivity index (χ2n) is 3.88. The van der Waals surface area contributed by atoms with Crippen molar-refractivity contribution in [3.8, 4) is 0 Å². The summed E-state index contributed by atoms with van der Waals surface area (Å²) in [4.78, 5) is 26.3. The first kappa shape index (κ1) is 12.2. The highest BCUT2D eigenvalue weighted by Crippen LogP contribution is 2.16. The predicted octanol–water partition coefficient (Wildman–Crippen LogP) is 1.03. The van der Waals surface area contributed by atoms with Gasteiger partial charge in [-0.1, -0.05) is 6.07 Å². The van der Waals surface area contributed by atoms with Crippen LogP contribution in [0.1, 0.15) is 17.3 Å². The van der Waals surface area contributed by atoms with E-state index in [4.69, 9.17) is 0 Å². The number of aromatic amines is 1. The van der Waals surface area contributed by atoms with E-state index in [1.54, 1.807) is 18.3 Å². The highest BCUT2D eigenvalue weighted by molar-refractivity contribution is 6.07. The van der Waals surface area contributed by atoms with Crippen LogP contribution in [0.2, 0.25) is 0 Å². The highest BCUT2D eigenvalue weighted by atomic mass is 16.2. The molecule has 0 radical (unpaired) electrons. The summed E-state index contributed by atoms with van der Waals surface area (Å²) in [6.07, 6.45) is 1.78. The van der Waals surface area contributed by atoms with Gasteiger partial charge in [0.2, 0.25) is 5.91 Å². The van der Waals surface area contributed by atoms with Crippen molar-refractivity contribution >= 4 is 22.7 Å². The highest BCUT2D eigenvalue weighted by Gasteiger charge is 2.11. The lowest BCUT2D eigenvalue weighted by atomic mass is 10.1. The van der Waals surface area contributed by atoms with Crippen LogP contribution >= 0.6 is 0 Å². The summed E-state index contributed by atoms with van der Waals surface area (Å²) in [6.45, 7) is 2.38. The van der Waals surface area contributed by atoms with Crippen LogP contribution < -0.4 is 10.6 Å². The third kappa shape index (κ3) is 2.51. The van der Waals surface area contributed by atoms with Crippen molar-refractivity contribution in [2.45, 2.75) is 6.92 Å². The molecule has 0 bridgehead atoms. The van der Waals surface area contributed by atoms with Crippen LogP contribution in [0.15, 0.2) is 30.5 Å². The van der Waals surface area contributed by atoms with E-state index in [1.165, 1.54) is 0 Å². The predicted molar refractivity (Wildman–Crippen MR) is 69.3 cm³/mol. The molecule has 0 fully saturated rings. The van der Waals surface area contributed by atoms with Gasteiger partial charge in [0.1, 0.15) is 0 Å². The third-order valence-electron chi connectivity index (χ3n) is 2.62. The average Bonchev–Trinajstić information content (AvgIpc) is 2.84. The maximum atomic E-state index is 12.0. The lowest BCUT2D eigenvalue weighted by Crippen LogP contribution is -2.36. The lowest BCUT2D eigenvalue weighted by Gasteiger charge is -2.06. The van der Waals surface area contributed by atoms with Crippen LogP contribution in [-0.2, 0) is 4.79 Å². The van der Waals surface area contributed by atoms with Crippen LogP contribution in [0.25, 0.3) is 10.9 Å². The molecule has 1 aromatic heterocycles. The first-order valence-corrected chi connectivity index (χ1v) is 5.83. The first-order chi connectivity index (χ1) is 8.72. The van der Waals surface area contributed by atoms with E-state index in [2.05, 4.69) is 15.6 Å². The van der Waals surface area contributed by atoms with Gasteiger partial charge in [0.15, 0.2) is 0 Å². The fourth-order valence-electron chi connectivity index (χ4n) is 1.80. The van der Waals surface area contributed by atoms with Gasteiger partial charge in [-0.3, -0.25) is 9.59 Å². The number of hydrogen-bond acceptors (Lipinski definition) is 2. The van der Waals surface area contributed by atoms with E-state index in [0.717, 1.165) is 10.9 Å². The van der Waals surface area contributed by atoms with Crippen molar-refractivity contribution in [3.05, 3.63) is 36.0 Å². The number of aromatic nitrogens is 1. The molecule has 0 spiro atoms. The molecule has 5 heteroatoms. The van der Waals surface area contributed by atoms with Crippen molar-refractivity contribution in [1.29, 1.82) is 0 Å². The molecule has 0 atom stereocenters. The molecule has 2 rings (SSSR count). The summed E-state index contributed by atoms with van der Waals surface area (Å²) in [5.41, 5.74) is 1.47. The molecular weight excluding hydrogens is 230 g/mol. The van der Waals surface area contributed by atoms with Crippen molar-refractivity contribution < 1.29 is 9.59 Å². The zero-order valence-corrected chi connectivity index (χ0v) is 10.1. The summed E-state index contributed by atoms with van der Waals surface area (Å²) in [7, 11) is 0. The van der Waals surface area contributed by atoms with Crippen molar-refractivity contribution in [1.82, 2.24) is 15.6 Å². The standard InChI is InChI=1S/C13H15N3O2/c1-2-14-12(17)8-16-13(18)10-4-3-5-11-9(10)6-7-15-11/h3-7,15H,2,8H2,1H3,(H,14,17)(H,16,18). The normalized spacial score (nSPS) is 10.3. The Labute approximate surface area is 105 Å². The quantitative estimate of drug-likeness (QED) is 0.752. The van der Waals surface area contributed by atoms with E-state index in [0.29, 0.717) is 12.1 Å². The Morgan fingerprint density at radius 1 is 1.22 bits per heavy atom. The molecule has 2 aromatic rings. The number of H-pyrrole nitrogens is 1. The molecule has 0 unspecified atom stereocenters. The van der Waals surface area contributed by atoms with Crippen molar-refractivity contribution in [2.24, 2.45) is 0 Å². The van der Waals surface area contributed by atoms with Gasteiger partial charge < -0.3 is 15.6 Å². The minimum atomic E-state index is -0.244. The Kier molecular flexibility index (Phi) is 3.62. The molecule has 0 aliphatic carbocycles. The largest absolute Gasteiger partial charge is 0.361 e. The zero-order valence-electron chi connectivity index (χ0n) is 10.1. The van der Waals surface area contributed by atoms with Crippen LogP contribution in [-0.4, -0.2) is 29.9 Å². The van der Waals surface area contributed by atoms with E-state index in [9.17, 15) is 9.59 Å². The molecule has 94 valence electrons. The van der Waals surface area contributed by atoms with Crippen LogP contribution in [0.5, 0.6) is 0 Å². The third-order valence-corrected chi connectivity index (χ3v) is 2.62. The summed E-state index contributed by atoms with van der Waals surface area (Å²) in [6, 6.07) is 7.29. The molecular formula is C13H15N3O2. The van der Waals surface area contributed by atoms with Gasteiger partial charge >= 0.3 is 0 Å². The SMILES string of the molecule is CCNC(=O)CNC(=O)c1cccc2[nH]ccc12. The number of nitrogens with one attached hydrogen (secondary N) is 3. The molecule has 0 aliphatic rings. The topological polar surface area (TPSA) is 74.0 Å². The first-order valence-electron chi connectivity index (χ1n) is 5.83. The monoisotopic (exact) mass is 245 g/mol. The fraction of sp³-hybridized carbons (Fsp3) is 0.231. The van der Waals surface area contributed by atoms with Crippen LogP contribution in [0.3, 0.4) is 0 Å². The van der Waals surface area contributed by atoms with Crippen molar-refractivity contribution in [3.63, 3.8) is 0 Å². The number of carbonyl (C=O) groups excluding carboxylic acids is 2. The zero-order chi connectivity index (χ0) is 13.0. The molecule has 3 N–H and O–H groups in total. The summed E-state index contributed by atoms with van der Waals surface area (Å²) in [5, 5.41) is 6.08. The van der Waals surface area contributed by atoms with Crippen molar-refractivity contribution in [2.75, 3.05) is 13.1 Å². The lowest BCUT2D eigenvalue weighted by molar-refractivity contribution is -0.120. The molecule has 0 saturated carbocycles. The second-order valence-corrected chi connectivity index (χ2v) is 3.88. The average molecular weight is 245 g/mol. The Bertz CT molecular complexity index is 574. The van der Waals surface area contributed by atoms with Gasteiger partial charge in [0, 0.05) is 29.2 Å². The minimum Gasteiger partial charge on any atom is -0.361 e. The van der Waals surface area contributed by atoms with Crippen LogP contribution in [0.4, 0.5) is 0 Å². The van der Waals surface area contributed by atoms with Gasteiger partial charge in [0.05, 0.1) is 6.54 Å². The van der Waals surface area contributed by atoms with Crippen LogP contribution in [0, 0.1) is 0 Å². The van der Waals surface area contributed by atoms with E-state index in [1.807, 2.05) is 19.1 Å². The fourth-order valence-corrected chi connectivity index (χ4v) is 1.80. The minimum absolute atomic E-state index is 0.00646. The number of amides is 2. The summed E-state index contributed by atoms with van der Waals surface area (Å²) < 4.78 is 0. The van der Waals surface area contributed by atoms with Gasteiger partial charge in [-0.25, -0.2) is 0 Å².